The largest absolute Gasteiger partial charge is 0.485 e. The number of ether oxygens (including phenoxy) is 1. The fraction of sp³-hybridized carbons (Fsp3) is 0.190. The van der Waals surface area contributed by atoms with E-state index in [1.54, 1.807) is 6.20 Å². The van der Waals surface area contributed by atoms with Gasteiger partial charge in [-0.3, -0.25) is 0 Å². The summed E-state index contributed by atoms with van der Waals surface area (Å²) in [5, 5.41) is 8.85. The van der Waals surface area contributed by atoms with E-state index < -0.39 is 0 Å². The first-order chi connectivity index (χ1) is 14.1. The lowest BCUT2D eigenvalue weighted by atomic mass is 10.1. The van der Waals surface area contributed by atoms with E-state index in [4.69, 9.17) is 15.0 Å². The minimum Gasteiger partial charge on any atom is -0.485 e. The van der Waals surface area contributed by atoms with Gasteiger partial charge in [0, 0.05) is 5.56 Å². The predicted molar refractivity (Wildman–Crippen MR) is 112 cm³/mol. The normalized spacial score (nSPS) is 11.0. The van der Waals surface area contributed by atoms with E-state index in [-0.39, 0.29) is 6.61 Å². The maximum Gasteiger partial charge on any atom is 0.210 e. The van der Waals surface area contributed by atoms with Crippen molar-refractivity contribution in [3.63, 3.8) is 0 Å². The molecule has 0 amide bonds. The fourth-order valence-electron chi connectivity index (χ4n) is 2.85. The third kappa shape index (κ3) is 4.43. The monoisotopic (exact) mass is 407 g/mol. The van der Waals surface area contributed by atoms with Crippen LogP contribution in [0.1, 0.15) is 22.8 Å². The van der Waals surface area contributed by atoms with Gasteiger partial charge in [-0.25, -0.2) is 9.66 Å². The molecule has 7 nitrogen and oxygen atoms in total. The van der Waals surface area contributed by atoms with Crippen LogP contribution in [0, 0.1) is 13.8 Å². The van der Waals surface area contributed by atoms with Crippen LogP contribution in [-0.4, -0.2) is 19.9 Å². The number of nitrogens with two attached hydrogens (primary N) is 1. The number of aryl methyl sites for hydroxylation is 2. The van der Waals surface area contributed by atoms with Crippen molar-refractivity contribution in [2.75, 3.05) is 5.84 Å². The summed E-state index contributed by atoms with van der Waals surface area (Å²) in [6, 6.07) is 15.9. The molecule has 4 aromatic rings. The quantitative estimate of drug-likeness (QED) is 0.364. The first-order valence-corrected chi connectivity index (χ1v) is 10.1. The van der Waals surface area contributed by atoms with Crippen LogP contribution in [0.5, 0.6) is 5.75 Å². The third-order valence-corrected chi connectivity index (χ3v) is 5.29. The molecule has 0 aliphatic heterocycles. The highest BCUT2D eigenvalue weighted by Gasteiger charge is 2.14. The van der Waals surface area contributed by atoms with Crippen LogP contribution >= 0.6 is 11.8 Å². The zero-order valence-electron chi connectivity index (χ0n) is 16.2. The van der Waals surface area contributed by atoms with Crippen LogP contribution < -0.4 is 10.6 Å². The van der Waals surface area contributed by atoms with Gasteiger partial charge in [-0.1, -0.05) is 59.8 Å². The first kappa shape index (κ1) is 19.1. The second-order valence-electron chi connectivity index (χ2n) is 6.60. The summed E-state index contributed by atoms with van der Waals surface area (Å²) in [5.41, 5.74) is 3.25. The maximum absolute atomic E-state index is 6.13. The van der Waals surface area contributed by atoms with Crippen molar-refractivity contribution in [1.82, 2.24) is 19.9 Å². The van der Waals surface area contributed by atoms with Gasteiger partial charge in [-0.05, 0) is 25.5 Å². The van der Waals surface area contributed by atoms with E-state index in [2.05, 4.69) is 21.2 Å². The molecular formula is C21H21N5O2S. The summed E-state index contributed by atoms with van der Waals surface area (Å²) < 4.78 is 13.1. The lowest BCUT2D eigenvalue weighted by molar-refractivity contribution is 0.289. The Kier molecular flexibility index (Phi) is 5.53. The molecule has 0 radical (unpaired) electrons. The van der Waals surface area contributed by atoms with Gasteiger partial charge < -0.3 is 15.0 Å². The number of hydrogen-bond acceptors (Lipinski definition) is 7. The first-order valence-electron chi connectivity index (χ1n) is 9.12. The summed E-state index contributed by atoms with van der Waals surface area (Å²) in [6.07, 6.45) is 1.72. The highest BCUT2D eigenvalue weighted by molar-refractivity contribution is 7.98. The van der Waals surface area contributed by atoms with Crippen LogP contribution in [0.4, 0.5) is 0 Å². The van der Waals surface area contributed by atoms with E-state index >= 15 is 0 Å². The van der Waals surface area contributed by atoms with Crippen LogP contribution in [0.25, 0.3) is 11.3 Å². The molecule has 0 aliphatic carbocycles. The van der Waals surface area contributed by atoms with Crippen molar-refractivity contribution in [1.29, 1.82) is 0 Å². The molecule has 0 bridgehead atoms. The maximum atomic E-state index is 6.13. The molecule has 8 heteroatoms. The second kappa shape index (κ2) is 8.40. The number of aromatic nitrogens is 4. The number of rotatable bonds is 7. The van der Waals surface area contributed by atoms with Gasteiger partial charge in [0.15, 0.2) is 11.6 Å². The topological polar surface area (TPSA) is 92.0 Å². The molecule has 2 aromatic carbocycles. The molecule has 0 spiro atoms. The lowest BCUT2D eigenvalue weighted by Gasteiger charge is -2.09. The van der Waals surface area contributed by atoms with Crippen LogP contribution in [0.3, 0.4) is 0 Å². The Bertz CT molecular complexity index is 1110. The average Bonchev–Trinajstić information content (AvgIpc) is 3.33. The summed E-state index contributed by atoms with van der Waals surface area (Å²) in [5.74, 6) is 9.32. The zero-order valence-corrected chi connectivity index (χ0v) is 17.0. The van der Waals surface area contributed by atoms with Gasteiger partial charge in [0.2, 0.25) is 11.0 Å². The highest BCUT2D eigenvalue weighted by atomic mass is 32.2. The van der Waals surface area contributed by atoms with Crippen LogP contribution in [-0.2, 0) is 12.4 Å². The average molecular weight is 407 g/mol. The molecule has 2 heterocycles. The Balaban J connectivity index is 1.37. The summed E-state index contributed by atoms with van der Waals surface area (Å²) in [4.78, 5) is 4.33. The fourth-order valence-corrected chi connectivity index (χ4v) is 3.58. The van der Waals surface area contributed by atoms with Crippen molar-refractivity contribution in [3.8, 4) is 17.1 Å². The predicted octanol–water partition coefficient (Wildman–Crippen LogP) is 4.14. The Labute approximate surface area is 172 Å². The third-order valence-electron chi connectivity index (χ3n) is 4.36. The van der Waals surface area contributed by atoms with Gasteiger partial charge in [0.25, 0.3) is 0 Å². The number of thioether (sulfide) groups is 1. The molecule has 0 aliphatic rings. The van der Waals surface area contributed by atoms with E-state index in [9.17, 15) is 0 Å². The van der Waals surface area contributed by atoms with Gasteiger partial charge >= 0.3 is 0 Å². The van der Waals surface area contributed by atoms with Gasteiger partial charge in [0.05, 0.1) is 11.9 Å². The number of benzene rings is 2. The molecule has 148 valence electrons. The van der Waals surface area contributed by atoms with E-state index in [0.717, 1.165) is 22.6 Å². The molecule has 0 unspecified atom stereocenters. The zero-order chi connectivity index (χ0) is 20.2. The van der Waals surface area contributed by atoms with Crippen molar-refractivity contribution < 1.29 is 9.15 Å². The Morgan fingerprint density at radius 2 is 1.93 bits per heavy atom. The Morgan fingerprint density at radius 3 is 2.72 bits per heavy atom. The molecule has 2 N–H and O–H groups in total. The van der Waals surface area contributed by atoms with Crippen LogP contribution in [0.2, 0.25) is 0 Å². The van der Waals surface area contributed by atoms with E-state index in [1.165, 1.54) is 22.0 Å². The van der Waals surface area contributed by atoms with Crippen molar-refractivity contribution in [3.05, 3.63) is 77.6 Å². The van der Waals surface area contributed by atoms with E-state index in [1.807, 2.05) is 56.3 Å². The molecule has 0 saturated heterocycles. The molecule has 0 atom stereocenters. The number of nitrogens with zero attached hydrogens (tertiary/aromatic N) is 4. The van der Waals surface area contributed by atoms with Gasteiger partial charge in [-0.2, -0.15) is 0 Å². The smallest absolute Gasteiger partial charge is 0.210 e. The second-order valence-corrected chi connectivity index (χ2v) is 7.54. The molecule has 0 fully saturated rings. The lowest BCUT2D eigenvalue weighted by Crippen LogP contribution is -2.16. The molecule has 29 heavy (non-hydrogen) atoms. The Hall–Kier alpha value is -3.26. The Morgan fingerprint density at radius 1 is 1.10 bits per heavy atom. The molecular weight excluding hydrogens is 386 g/mol. The van der Waals surface area contributed by atoms with Crippen LogP contribution in [0.15, 0.2) is 64.3 Å². The minimum absolute atomic E-state index is 0.241. The molecule has 0 saturated carbocycles. The summed E-state index contributed by atoms with van der Waals surface area (Å²) in [6.45, 7) is 4.30. The van der Waals surface area contributed by atoms with Crippen molar-refractivity contribution in [2.24, 2.45) is 0 Å². The summed E-state index contributed by atoms with van der Waals surface area (Å²) in [7, 11) is 0. The van der Waals surface area contributed by atoms with Gasteiger partial charge in [-0.15, -0.1) is 10.2 Å². The number of nitrogen functional groups attached to an aromatic ring is 1. The highest BCUT2D eigenvalue weighted by Crippen LogP contribution is 2.25. The van der Waals surface area contributed by atoms with Crippen molar-refractivity contribution >= 4 is 11.8 Å². The van der Waals surface area contributed by atoms with Crippen molar-refractivity contribution in [2.45, 2.75) is 31.4 Å². The van der Waals surface area contributed by atoms with E-state index in [0.29, 0.717) is 22.6 Å². The van der Waals surface area contributed by atoms with Gasteiger partial charge in [0.1, 0.15) is 12.4 Å². The standard InChI is InChI=1S/C21H21N5O2S/c1-14-8-9-17(15(2)10-14)27-12-19-24-25-21(26(19)22)29-13-20-23-11-18(28-20)16-6-4-3-5-7-16/h3-11H,12-13,22H2,1-2H3. The molecule has 4 rings (SSSR count). The molecule has 2 aromatic heterocycles. The summed E-state index contributed by atoms with van der Waals surface area (Å²) >= 11 is 1.41. The number of oxazole rings is 1. The minimum atomic E-state index is 0.241. The SMILES string of the molecule is Cc1ccc(OCc2nnc(SCc3ncc(-c4ccccc4)o3)n2N)c(C)c1. The number of hydrogen-bond donors (Lipinski definition) is 1.